The molecule has 0 unspecified atom stereocenters. The molecule has 0 fully saturated rings. The van der Waals surface area contributed by atoms with Crippen molar-refractivity contribution in [2.45, 2.75) is 0 Å². The molecule has 1 N–H and O–H groups in total. The predicted molar refractivity (Wildman–Crippen MR) is 22.0 cm³/mol. The third-order valence-corrected chi connectivity index (χ3v) is 0. The molecular weight excluding hydrogens is 104 g/mol. The predicted octanol–water partition coefficient (Wildman–Crippen LogP) is -0.0847. The van der Waals surface area contributed by atoms with Crippen LogP contribution in [-0.4, -0.2) is 34.8 Å². The van der Waals surface area contributed by atoms with Crippen molar-refractivity contribution in [2.24, 2.45) is 5.34 Å². The fraction of sp³-hybridized carbons (Fsp3) is 0. The summed E-state index contributed by atoms with van der Waals surface area (Å²) in [6.07, 6.45) is 0. The van der Waals surface area contributed by atoms with Crippen molar-refractivity contribution in [3.63, 3.8) is 0 Å². The third-order valence-electron chi connectivity index (χ3n) is 0. The summed E-state index contributed by atoms with van der Waals surface area (Å²) in [5.74, 6) is 0. The molecule has 0 saturated heterocycles. The SMILES string of the molecule is Cl.O=NO.[NaH]. The number of hydrogen-bond acceptors (Lipinski definition) is 2. The van der Waals surface area contributed by atoms with Gasteiger partial charge in [-0.05, 0) is 0 Å². The molecule has 0 radical (unpaired) electrons. The topological polar surface area (TPSA) is 49.7 Å². The average Bonchev–Trinajstić information content (AvgIpc) is 0.918. The molecule has 0 aromatic carbocycles. The first-order valence-corrected chi connectivity index (χ1v) is 0.383. The van der Waals surface area contributed by atoms with Gasteiger partial charge in [-0.3, -0.25) is 0 Å². The van der Waals surface area contributed by atoms with Crippen LogP contribution >= 0.6 is 12.4 Å². The van der Waals surface area contributed by atoms with E-state index in [-0.39, 0.29) is 42.0 Å². The van der Waals surface area contributed by atoms with Crippen molar-refractivity contribution < 1.29 is 5.21 Å². The minimum absolute atomic E-state index is 0. The Labute approximate surface area is 57.4 Å². The fourth-order valence-corrected chi connectivity index (χ4v) is 0. The summed E-state index contributed by atoms with van der Waals surface area (Å²) >= 11 is 0. The van der Waals surface area contributed by atoms with Gasteiger partial charge in [-0.25, -0.2) is 0 Å². The van der Waals surface area contributed by atoms with Crippen molar-refractivity contribution in [3.8, 4) is 0 Å². The quantitative estimate of drug-likeness (QED) is 0.267. The molecule has 0 aliphatic carbocycles. The Morgan fingerprint density at radius 1 is 1.60 bits per heavy atom. The second-order valence-corrected chi connectivity index (χ2v) is 0.0816. The van der Waals surface area contributed by atoms with Crippen LogP contribution in [0.25, 0.3) is 0 Å². The van der Waals surface area contributed by atoms with Gasteiger partial charge in [-0.15, -0.1) is 17.3 Å². The van der Waals surface area contributed by atoms with Gasteiger partial charge in [-0.2, -0.15) is 0 Å². The zero-order chi connectivity index (χ0) is 2.71. The van der Waals surface area contributed by atoms with Crippen LogP contribution in [0.1, 0.15) is 0 Å². The molecule has 0 rings (SSSR count). The molecule has 5 heteroatoms. The molecule has 5 heavy (non-hydrogen) atoms. The van der Waals surface area contributed by atoms with Crippen LogP contribution in [0.3, 0.4) is 0 Å². The van der Waals surface area contributed by atoms with Gasteiger partial charge in [0.1, 0.15) is 0 Å². The zero-order valence-electron chi connectivity index (χ0n) is 1.71. The molecule has 0 atom stereocenters. The van der Waals surface area contributed by atoms with Gasteiger partial charge in [0.25, 0.3) is 0 Å². The first-order valence-electron chi connectivity index (χ1n) is 0.383. The summed E-state index contributed by atoms with van der Waals surface area (Å²) in [6, 6.07) is 0. The number of hydrogen-bond donors (Lipinski definition) is 1. The molecule has 28 valence electrons. The van der Waals surface area contributed by atoms with Gasteiger partial charge in [0, 0.05) is 0 Å². The van der Waals surface area contributed by atoms with E-state index in [0.717, 1.165) is 0 Å². The molecule has 0 heterocycles. The van der Waals surface area contributed by atoms with Gasteiger partial charge in [0.05, 0.1) is 0 Å². The third kappa shape index (κ3) is 71.3. The summed E-state index contributed by atoms with van der Waals surface area (Å²) in [4.78, 5) is 8.11. The van der Waals surface area contributed by atoms with Gasteiger partial charge in [0.15, 0.2) is 5.34 Å². The van der Waals surface area contributed by atoms with Crippen LogP contribution < -0.4 is 0 Å². The summed E-state index contributed by atoms with van der Waals surface area (Å²) < 4.78 is 0. The van der Waals surface area contributed by atoms with E-state index in [2.05, 4.69) is 0 Å². The van der Waals surface area contributed by atoms with E-state index in [9.17, 15) is 0 Å². The molecule has 0 aliphatic rings. The molecule has 0 aromatic rings. The maximum absolute atomic E-state index is 8.11. The first kappa shape index (κ1) is 17.3. The van der Waals surface area contributed by atoms with Crippen LogP contribution in [0.4, 0.5) is 0 Å². The molecule has 3 nitrogen and oxygen atoms in total. The van der Waals surface area contributed by atoms with E-state index < -0.39 is 0 Å². The summed E-state index contributed by atoms with van der Waals surface area (Å²) in [5, 5.41) is 7.89. The fourth-order valence-electron chi connectivity index (χ4n) is 0. The van der Waals surface area contributed by atoms with Crippen molar-refractivity contribution in [2.75, 3.05) is 0 Å². The van der Waals surface area contributed by atoms with E-state index in [0.29, 0.717) is 0 Å². The average molecular weight is 107 g/mol. The normalized spacial score (nSPS) is 2.40. The standard InChI is InChI=1S/ClH.HNO2.Na.H/c;2-1-3;;/h1H;(H,2,3);;. The summed E-state index contributed by atoms with van der Waals surface area (Å²) in [7, 11) is 0. The van der Waals surface area contributed by atoms with Crippen LogP contribution in [-0.2, 0) is 0 Å². The van der Waals surface area contributed by atoms with E-state index >= 15 is 0 Å². The minimum atomic E-state index is 0. The van der Waals surface area contributed by atoms with Crippen molar-refractivity contribution in [1.29, 1.82) is 0 Å². The Morgan fingerprint density at radius 2 is 1.60 bits per heavy atom. The van der Waals surface area contributed by atoms with Crippen LogP contribution in [0, 0.1) is 4.91 Å². The Kier molecular flexibility index (Phi) is 77.3. The Bertz CT molecular complexity index is 17.1. The van der Waals surface area contributed by atoms with Gasteiger partial charge < -0.3 is 5.21 Å². The Balaban J connectivity index is -0.0000000200. The Hall–Kier alpha value is 0.690. The maximum atomic E-state index is 8.11. The number of nitrogens with zero attached hydrogens (tertiary/aromatic N) is 1. The van der Waals surface area contributed by atoms with Crippen molar-refractivity contribution in [3.05, 3.63) is 4.91 Å². The molecule has 0 bridgehead atoms. The second kappa shape index (κ2) is 22.4. The molecule has 0 aromatic heterocycles. The van der Waals surface area contributed by atoms with E-state index in [4.69, 9.17) is 10.1 Å². The van der Waals surface area contributed by atoms with Crippen LogP contribution in [0.15, 0.2) is 5.34 Å². The number of rotatable bonds is 0. The van der Waals surface area contributed by atoms with Gasteiger partial charge in [-0.1, -0.05) is 0 Å². The summed E-state index contributed by atoms with van der Waals surface area (Å²) in [6.45, 7) is 0. The number of halogens is 1. The van der Waals surface area contributed by atoms with Gasteiger partial charge in [0.2, 0.25) is 0 Å². The van der Waals surface area contributed by atoms with Crippen molar-refractivity contribution >= 4 is 42.0 Å². The summed E-state index contributed by atoms with van der Waals surface area (Å²) in [5.41, 5.74) is 0. The van der Waals surface area contributed by atoms with Crippen LogP contribution in [0.5, 0.6) is 0 Å². The van der Waals surface area contributed by atoms with E-state index in [1.807, 2.05) is 0 Å². The monoisotopic (exact) mass is 107 g/mol. The first-order chi connectivity index (χ1) is 1.41. The zero-order valence-corrected chi connectivity index (χ0v) is 2.53. The van der Waals surface area contributed by atoms with Gasteiger partial charge >= 0.3 is 29.6 Å². The molecular formula is H3ClNNaO2. The van der Waals surface area contributed by atoms with E-state index in [1.165, 1.54) is 5.34 Å². The van der Waals surface area contributed by atoms with Crippen LogP contribution in [0.2, 0.25) is 0 Å². The second-order valence-electron chi connectivity index (χ2n) is 0.0816. The van der Waals surface area contributed by atoms with Crippen molar-refractivity contribution in [1.82, 2.24) is 0 Å². The molecule has 0 amide bonds. The Morgan fingerprint density at radius 3 is 1.60 bits per heavy atom. The molecule has 0 aliphatic heterocycles. The van der Waals surface area contributed by atoms with E-state index in [1.54, 1.807) is 0 Å². The molecule has 0 spiro atoms. The molecule has 0 saturated carbocycles.